The predicted octanol–water partition coefficient (Wildman–Crippen LogP) is 1.01. The van der Waals surface area contributed by atoms with Crippen LogP contribution in [0.4, 0.5) is 0 Å². The summed E-state index contributed by atoms with van der Waals surface area (Å²) in [7, 11) is 0. The molecule has 5 heteroatoms. The molecule has 0 aromatic heterocycles. The van der Waals surface area contributed by atoms with Gasteiger partial charge >= 0.3 is 5.97 Å². The molecule has 0 saturated heterocycles. The van der Waals surface area contributed by atoms with Crippen molar-refractivity contribution in [2.75, 3.05) is 13.2 Å². The zero-order chi connectivity index (χ0) is 13.8. The lowest BCUT2D eigenvalue weighted by Gasteiger charge is -2.03. The first-order chi connectivity index (χ1) is 8.63. The van der Waals surface area contributed by atoms with Crippen LogP contribution in [0.15, 0.2) is 12.2 Å². The molecule has 1 atom stereocenters. The van der Waals surface area contributed by atoms with Gasteiger partial charge in [0.05, 0.1) is 6.61 Å². The quantitative estimate of drug-likeness (QED) is 0.272. The molecule has 0 aromatic carbocycles. The summed E-state index contributed by atoms with van der Waals surface area (Å²) in [5, 5.41) is 0. The summed E-state index contributed by atoms with van der Waals surface area (Å²) in [6.07, 6.45) is 5.43. The molecule has 18 heavy (non-hydrogen) atoms. The van der Waals surface area contributed by atoms with E-state index in [-0.39, 0.29) is 24.7 Å². The summed E-state index contributed by atoms with van der Waals surface area (Å²) in [5.41, 5.74) is 5.33. The number of hydrogen-bond donors (Lipinski definition) is 1. The Labute approximate surface area is 107 Å². The molecule has 0 aliphatic heterocycles. The van der Waals surface area contributed by atoms with Crippen molar-refractivity contribution in [1.82, 2.24) is 0 Å². The molecule has 0 radical (unpaired) electrons. The van der Waals surface area contributed by atoms with Crippen LogP contribution in [0.3, 0.4) is 0 Å². The Morgan fingerprint density at radius 3 is 2.61 bits per heavy atom. The number of unbranched alkanes of at least 4 members (excludes halogenated alkanes) is 1. The monoisotopic (exact) mass is 255 g/mol. The first-order valence-corrected chi connectivity index (χ1v) is 6.17. The molecular formula is C13H21NO4. The van der Waals surface area contributed by atoms with Gasteiger partial charge in [-0.2, -0.15) is 0 Å². The fourth-order valence-corrected chi connectivity index (χ4v) is 1.18. The Bertz CT molecular complexity index is 299. The molecule has 5 nitrogen and oxygen atoms in total. The number of nitrogens with two attached hydrogens (primary N) is 1. The molecule has 0 fully saturated rings. The van der Waals surface area contributed by atoms with Crippen LogP contribution in [0, 0.1) is 5.92 Å². The van der Waals surface area contributed by atoms with Crippen molar-refractivity contribution >= 4 is 18.0 Å². The highest BCUT2D eigenvalue weighted by Crippen LogP contribution is 2.03. The molecule has 102 valence electrons. The minimum Gasteiger partial charge on any atom is -0.463 e. The third-order valence-electron chi connectivity index (χ3n) is 2.40. The second-order valence-corrected chi connectivity index (χ2v) is 3.99. The lowest BCUT2D eigenvalue weighted by Crippen LogP contribution is -2.16. The number of carbonyl (C=O) groups is 3. The van der Waals surface area contributed by atoms with Crippen molar-refractivity contribution in [3.8, 4) is 0 Å². The van der Waals surface area contributed by atoms with Gasteiger partial charge in [0.2, 0.25) is 0 Å². The largest absolute Gasteiger partial charge is 0.463 e. The number of esters is 1. The van der Waals surface area contributed by atoms with Gasteiger partial charge in [-0.15, -0.1) is 0 Å². The normalized spacial score (nSPS) is 12.3. The van der Waals surface area contributed by atoms with Crippen molar-refractivity contribution in [2.24, 2.45) is 11.7 Å². The predicted molar refractivity (Wildman–Crippen MR) is 67.9 cm³/mol. The Kier molecular flexibility index (Phi) is 9.77. The lowest BCUT2D eigenvalue weighted by molar-refractivity contribution is -0.138. The maximum atomic E-state index is 11.4. The number of allylic oxidation sites excluding steroid dienone is 1. The van der Waals surface area contributed by atoms with Crippen LogP contribution in [0.25, 0.3) is 0 Å². The molecule has 0 aliphatic rings. The van der Waals surface area contributed by atoms with Crippen LogP contribution in [-0.2, 0) is 19.1 Å². The molecule has 0 heterocycles. The first kappa shape index (κ1) is 16.5. The topological polar surface area (TPSA) is 86.5 Å². The SMILES string of the molecule is CCCCOC(=O)/C=C/C(=O)CCC(C=O)CN. The van der Waals surface area contributed by atoms with E-state index >= 15 is 0 Å². The van der Waals surface area contributed by atoms with Gasteiger partial charge in [0.1, 0.15) is 6.29 Å². The molecular weight excluding hydrogens is 234 g/mol. The smallest absolute Gasteiger partial charge is 0.330 e. The van der Waals surface area contributed by atoms with Crippen LogP contribution in [0.1, 0.15) is 32.6 Å². The van der Waals surface area contributed by atoms with E-state index in [9.17, 15) is 14.4 Å². The molecule has 0 bridgehead atoms. The van der Waals surface area contributed by atoms with Gasteiger partial charge in [-0.25, -0.2) is 4.79 Å². The number of aldehydes is 1. The highest BCUT2D eigenvalue weighted by atomic mass is 16.5. The van der Waals surface area contributed by atoms with Gasteiger partial charge in [-0.05, 0) is 18.9 Å². The zero-order valence-corrected chi connectivity index (χ0v) is 10.8. The summed E-state index contributed by atoms with van der Waals surface area (Å²) in [6, 6.07) is 0. The van der Waals surface area contributed by atoms with Gasteiger partial charge in [0.25, 0.3) is 0 Å². The summed E-state index contributed by atoms with van der Waals surface area (Å²) < 4.78 is 4.85. The van der Waals surface area contributed by atoms with Gasteiger partial charge in [0.15, 0.2) is 5.78 Å². The maximum absolute atomic E-state index is 11.4. The molecule has 0 amide bonds. The summed E-state index contributed by atoms with van der Waals surface area (Å²) in [4.78, 5) is 33.0. The highest BCUT2D eigenvalue weighted by Gasteiger charge is 2.07. The van der Waals surface area contributed by atoms with E-state index in [1.54, 1.807) is 0 Å². The van der Waals surface area contributed by atoms with Gasteiger partial charge < -0.3 is 15.3 Å². The summed E-state index contributed by atoms with van der Waals surface area (Å²) in [6.45, 7) is 2.60. The van der Waals surface area contributed by atoms with Crippen LogP contribution in [0.2, 0.25) is 0 Å². The van der Waals surface area contributed by atoms with Crippen LogP contribution >= 0.6 is 0 Å². The van der Waals surface area contributed by atoms with E-state index < -0.39 is 5.97 Å². The van der Waals surface area contributed by atoms with Crippen LogP contribution in [-0.4, -0.2) is 31.2 Å². The summed E-state index contributed by atoms with van der Waals surface area (Å²) >= 11 is 0. The number of carbonyl (C=O) groups excluding carboxylic acids is 3. The minimum atomic E-state index is -0.512. The molecule has 0 aromatic rings. The van der Waals surface area contributed by atoms with Crippen LogP contribution < -0.4 is 5.73 Å². The van der Waals surface area contributed by atoms with Crippen molar-refractivity contribution in [3.05, 3.63) is 12.2 Å². The Balaban J connectivity index is 3.85. The number of ketones is 1. The van der Waals surface area contributed by atoms with E-state index in [1.807, 2.05) is 6.92 Å². The van der Waals surface area contributed by atoms with Crippen molar-refractivity contribution in [3.63, 3.8) is 0 Å². The number of rotatable bonds is 10. The van der Waals surface area contributed by atoms with Gasteiger partial charge in [-0.3, -0.25) is 4.79 Å². The Morgan fingerprint density at radius 2 is 2.06 bits per heavy atom. The second-order valence-electron chi connectivity index (χ2n) is 3.99. The standard InChI is InChI=1S/C13H21NO4/c1-2-3-8-18-13(17)7-6-12(16)5-4-11(9-14)10-15/h6-7,10-11H,2-5,8-9,14H2,1H3/b7-6+. The van der Waals surface area contributed by atoms with E-state index in [2.05, 4.69) is 0 Å². The number of hydrogen-bond acceptors (Lipinski definition) is 5. The van der Waals surface area contributed by atoms with Crippen molar-refractivity contribution in [1.29, 1.82) is 0 Å². The Morgan fingerprint density at radius 1 is 1.33 bits per heavy atom. The van der Waals surface area contributed by atoms with Crippen molar-refractivity contribution < 1.29 is 19.1 Å². The minimum absolute atomic E-state index is 0.206. The van der Waals surface area contributed by atoms with Gasteiger partial charge in [-0.1, -0.05) is 13.3 Å². The molecule has 2 N–H and O–H groups in total. The third kappa shape index (κ3) is 8.64. The average molecular weight is 255 g/mol. The summed E-state index contributed by atoms with van der Waals surface area (Å²) in [5.74, 6) is -1.01. The van der Waals surface area contributed by atoms with E-state index in [1.165, 1.54) is 6.08 Å². The average Bonchev–Trinajstić information content (AvgIpc) is 2.38. The lowest BCUT2D eigenvalue weighted by atomic mass is 10.0. The number of ether oxygens (including phenoxy) is 1. The van der Waals surface area contributed by atoms with E-state index in [0.29, 0.717) is 13.0 Å². The van der Waals surface area contributed by atoms with E-state index in [0.717, 1.165) is 25.2 Å². The van der Waals surface area contributed by atoms with E-state index in [4.69, 9.17) is 10.5 Å². The fraction of sp³-hybridized carbons (Fsp3) is 0.615. The second kappa shape index (κ2) is 10.7. The molecule has 0 spiro atoms. The molecule has 1 unspecified atom stereocenters. The first-order valence-electron chi connectivity index (χ1n) is 6.17. The Hall–Kier alpha value is -1.49. The molecule has 0 aliphatic carbocycles. The highest BCUT2D eigenvalue weighted by molar-refractivity contribution is 5.95. The third-order valence-corrected chi connectivity index (χ3v) is 2.40. The zero-order valence-electron chi connectivity index (χ0n) is 10.8. The van der Waals surface area contributed by atoms with Crippen LogP contribution in [0.5, 0.6) is 0 Å². The van der Waals surface area contributed by atoms with Crippen molar-refractivity contribution in [2.45, 2.75) is 32.6 Å². The molecule has 0 rings (SSSR count). The molecule has 0 saturated carbocycles. The van der Waals surface area contributed by atoms with Gasteiger partial charge in [0, 0.05) is 25.0 Å². The maximum Gasteiger partial charge on any atom is 0.330 e. The fourth-order valence-electron chi connectivity index (χ4n) is 1.18.